The Labute approximate surface area is 174 Å². The number of alkyl halides is 3. The predicted octanol–water partition coefficient (Wildman–Crippen LogP) is 2.55. The van der Waals surface area contributed by atoms with E-state index in [9.17, 15) is 18.0 Å². The molecule has 3 heterocycles. The highest BCUT2D eigenvalue weighted by Gasteiger charge is 2.37. The van der Waals surface area contributed by atoms with E-state index in [-0.39, 0.29) is 36.6 Å². The van der Waals surface area contributed by atoms with Crippen molar-refractivity contribution >= 4 is 5.91 Å². The zero-order valence-electron chi connectivity index (χ0n) is 17.1. The molecule has 0 aromatic carbocycles. The molecule has 1 amide bonds. The summed E-state index contributed by atoms with van der Waals surface area (Å²) in [4.78, 5) is 18.7. The van der Waals surface area contributed by atoms with Crippen LogP contribution in [0.4, 0.5) is 13.2 Å². The molecule has 1 aliphatic carbocycles. The maximum atomic E-state index is 13.1. The van der Waals surface area contributed by atoms with Crippen LogP contribution < -0.4 is 5.32 Å². The number of halogens is 3. The van der Waals surface area contributed by atoms with E-state index in [1.807, 2.05) is 0 Å². The van der Waals surface area contributed by atoms with Gasteiger partial charge >= 0.3 is 6.18 Å². The van der Waals surface area contributed by atoms with Gasteiger partial charge in [-0.3, -0.25) is 9.78 Å². The highest BCUT2D eigenvalue weighted by atomic mass is 19.4. The Morgan fingerprint density at radius 3 is 2.93 bits per heavy atom. The van der Waals surface area contributed by atoms with E-state index in [2.05, 4.69) is 10.3 Å². The number of methoxy groups -OCH3 is 1. The Balaban J connectivity index is 1.35. The minimum Gasteiger partial charge on any atom is -0.379 e. The molecule has 4 rings (SSSR count). The van der Waals surface area contributed by atoms with Crippen LogP contribution in [0, 0.1) is 5.92 Å². The third-order valence-electron chi connectivity index (χ3n) is 6.52. The van der Waals surface area contributed by atoms with Crippen LogP contribution in [-0.2, 0) is 33.4 Å². The maximum absolute atomic E-state index is 13.1. The van der Waals surface area contributed by atoms with E-state index in [4.69, 9.17) is 9.47 Å². The van der Waals surface area contributed by atoms with Gasteiger partial charge in [0.05, 0.1) is 18.3 Å². The number of hydrogen-bond donors (Lipinski definition) is 1. The van der Waals surface area contributed by atoms with Crippen molar-refractivity contribution in [1.29, 1.82) is 0 Å². The Bertz CT molecular complexity index is 774. The van der Waals surface area contributed by atoms with Crippen LogP contribution in [0.15, 0.2) is 12.3 Å². The highest BCUT2D eigenvalue weighted by Crippen LogP contribution is 2.33. The summed E-state index contributed by atoms with van der Waals surface area (Å²) in [6, 6.07) is 1.60. The van der Waals surface area contributed by atoms with Crippen LogP contribution in [0.5, 0.6) is 0 Å². The molecular formula is C21H28F3N3O3. The molecule has 30 heavy (non-hydrogen) atoms. The van der Waals surface area contributed by atoms with Gasteiger partial charge in [0.1, 0.15) is 0 Å². The topological polar surface area (TPSA) is 63.7 Å². The first kappa shape index (κ1) is 21.5. The van der Waals surface area contributed by atoms with Gasteiger partial charge in [-0.15, -0.1) is 0 Å². The van der Waals surface area contributed by atoms with Crippen molar-refractivity contribution in [2.45, 2.75) is 63.0 Å². The van der Waals surface area contributed by atoms with Crippen molar-refractivity contribution in [3.63, 3.8) is 0 Å². The molecule has 3 aliphatic rings. The van der Waals surface area contributed by atoms with Gasteiger partial charge in [-0.1, -0.05) is 0 Å². The van der Waals surface area contributed by atoms with Crippen LogP contribution in [0.3, 0.4) is 0 Å². The zero-order valence-corrected chi connectivity index (χ0v) is 17.1. The standard InChI is InChI=1S/C21H28F3N3O3/c1-29-19-12-30-7-5-18(19)26-16-3-2-13(9-16)20(28)27-6-4-17-14(11-27)8-15(10-25-17)21(22,23)24/h8,10,13,16,18-19,26H,2-7,9,11-12H2,1H3. The lowest BCUT2D eigenvalue weighted by molar-refractivity contribution is -0.137. The van der Waals surface area contributed by atoms with Crippen LogP contribution in [0.2, 0.25) is 0 Å². The number of nitrogens with zero attached hydrogens (tertiary/aromatic N) is 2. The Hall–Kier alpha value is -1.71. The summed E-state index contributed by atoms with van der Waals surface area (Å²) in [6.07, 6.45) is 0.293. The molecule has 2 aliphatic heterocycles. The highest BCUT2D eigenvalue weighted by molar-refractivity contribution is 5.79. The van der Waals surface area contributed by atoms with Crippen LogP contribution in [0.1, 0.15) is 42.5 Å². The zero-order chi connectivity index (χ0) is 21.3. The average Bonchev–Trinajstić information content (AvgIpc) is 3.20. The molecule has 0 bridgehead atoms. The fourth-order valence-corrected chi connectivity index (χ4v) is 4.82. The third kappa shape index (κ3) is 4.63. The minimum atomic E-state index is -4.43. The number of amides is 1. The van der Waals surface area contributed by atoms with E-state index in [1.165, 1.54) is 0 Å². The second-order valence-corrected chi connectivity index (χ2v) is 8.46. The number of rotatable bonds is 4. The minimum absolute atomic E-state index is 0.0161. The van der Waals surface area contributed by atoms with E-state index >= 15 is 0 Å². The third-order valence-corrected chi connectivity index (χ3v) is 6.52. The number of ether oxygens (including phenoxy) is 2. The van der Waals surface area contributed by atoms with E-state index < -0.39 is 11.7 Å². The first-order chi connectivity index (χ1) is 14.3. The number of carbonyl (C=O) groups excluding carboxylic acids is 1. The van der Waals surface area contributed by atoms with Gasteiger partial charge in [-0.25, -0.2) is 0 Å². The van der Waals surface area contributed by atoms with Crippen LogP contribution in [0.25, 0.3) is 0 Å². The lowest BCUT2D eigenvalue weighted by Crippen LogP contribution is -2.50. The Kier molecular flexibility index (Phi) is 6.31. The van der Waals surface area contributed by atoms with Crippen molar-refractivity contribution < 1.29 is 27.4 Å². The summed E-state index contributed by atoms with van der Waals surface area (Å²) in [5.41, 5.74) is 0.398. The number of carbonyl (C=O) groups is 1. The van der Waals surface area contributed by atoms with Crippen molar-refractivity contribution in [1.82, 2.24) is 15.2 Å². The van der Waals surface area contributed by atoms with E-state index in [0.717, 1.165) is 37.9 Å². The molecule has 2 fully saturated rings. The number of hydrogen-bond acceptors (Lipinski definition) is 5. The summed E-state index contributed by atoms with van der Waals surface area (Å²) in [7, 11) is 1.68. The van der Waals surface area contributed by atoms with Gasteiger partial charge in [0, 0.05) is 63.1 Å². The summed E-state index contributed by atoms with van der Waals surface area (Å²) < 4.78 is 50.0. The summed E-state index contributed by atoms with van der Waals surface area (Å²) in [5.74, 6) is -0.0544. The smallest absolute Gasteiger partial charge is 0.379 e. The molecule has 9 heteroatoms. The average molecular weight is 427 g/mol. The van der Waals surface area contributed by atoms with Crippen LogP contribution in [-0.4, -0.2) is 60.8 Å². The quantitative estimate of drug-likeness (QED) is 0.800. The van der Waals surface area contributed by atoms with Gasteiger partial charge in [0.25, 0.3) is 0 Å². The first-order valence-electron chi connectivity index (χ1n) is 10.6. The molecule has 4 unspecified atom stereocenters. The number of pyridine rings is 1. The maximum Gasteiger partial charge on any atom is 0.417 e. The molecule has 1 N–H and O–H groups in total. The van der Waals surface area contributed by atoms with Crippen LogP contribution >= 0.6 is 0 Å². The van der Waals surface area contributed by atoms with E-state index in [1.54, 1.807) is 12.0 Å². The molecule has 1 saturated heterocycles. The fourth-order valence-electron chi connectivity index (χ4n) is 4.82. The first-order valence-corrected chi connectivity index (χ1v) is 10.6. The molecule has 1 saturated carbocycles. The van der Waals surface area contributed by atoms with Gasteiger partial charge in [0.2, 0.25) is 5.91 Å². The monoisotopic (exact) mass is 427 g/mol. The largest absolute Gasteiger partial charge is 0.417 e. The molecule has 0 spiro atoms. The van der Waals surface area contributed by atoms with Gasteiger partial charge in [-0.05, 0) is 37.3 Å². The summed E-state index contributed by atoms with van der Waals surface area (Å²) >= 11 is 0. The van der Waals surface area contributed by atoms with Crippen molar-refractivity contribution in [3.8, 4) is 0 Å². The molecule has 1 aromatic heterocycles. The van der Waals surface area contributed by atoms with Crippen molar-refractivity contribution in [2.24, 2.45) is 5.92 Å². The molecule has 166 valence electrons. The van der Waals surface area contributed by atoms with Gasteiger partial charge in [0.15, 0.2) is 0 Å². The second-order valence-electron chi connectivity index (χ2n) is 8.46. The lowest BCUT2D eigenvalue weighted by Gasteiger charge is -2.33. The predicted molar refractivity (Wildman–Crippen MR) is 103 cm³/mol. The normalized spacial score (nSPS) is 29.7. The van der Waals surface area contributed by atoms with E-state index in [0.29, 0.717) is 37.4 Å². The van der Waals surface area contributed by atoms with Gasteiger partial charge < -0.3 is 19.7 Å². The molecule has 6 nitrogen and oxygen atoms in total. The molecule has 4 atom stereocenters. The molecule has 0 radical (unpaired) electrons. The number of nitrogens with one attached hydrogen (secondary N) is 1. The SMILES string of the molecule is COC1COCCC1NC1CCC(C(=O)N2CCc3ncc(C(F)(F)F)cc3C2)C1. The second kappa shape index (κ2) is 8.80. The fraction of sp³-hybridized carbons (Fsp3) is 0.714. The number of fused-ring (bicyclic) bond motifs is 1. The molecule has 1 aromatic rings. The van der Waals surface area contributed by atoms with Crippen molar-refractivity contribution in [2.75, 3.05) is 26.9 Å². The van der Waals surface area contributed by atoms with Gasteiger partial charge in [-0.2, -0.15) is 13.2 Å². The summed E-state index contributed by atoms with van der Waals surface area (Å²) in [5, 5.41) is 3.64. The lowest BCUT2D eigenvalue weighted by atomic mass is 10.00. The Morgan fingerprint density at radius 1 is 1.33 bits per heavy atom. The van der Waals surface area contributed by atoms with Crippen molar-refractivity contribution in [3.05, 3.63) is 29.1 Å². The molecular weight excluding hydrogens is 399 g/mol. The number of aromatic nitrogens is 1. The Morgan fingerprint density at radius 2 is 2.17 bits per heavy atom. The summed E-state index contributed by atoms with van der Waals surface area (Å²) in [6.45, 7) is 1.98.